The number of imidazole rings is 1. The lowest BCUT2D eigenvalue weighted by molar-refractivity contribution is -0.141. The molecular weight excluding hydrogens is 473 g/mol. The molecule has 14 heteroatoms. The number of rotatable bonds is 5. The minimum Gasteiger partial charge on any atom is -0.354 e. The SMILES string of the molecule is CS(C)(=O)=NCC(=O)N[C@H]1CCCN(c2ccnc(-c3cnc4cnc(C(F)(F)F)cn34)n2)C1. The average Bonchev–Trinajstić information content (AvgIpc) is 3.20. The first-order valence-electron chi connectivity index (χ1n) is 10.4. The maximum Gasteiger partial charge on any atom is 0.434 e. The highest BCUT2D eigenvalue weighted by molar-refractivity contribution is 7.92. The zero-order valence-electron chi connectivity index (χ0n) is 18.5. The molecule has 0 aliphatic carbocycles. The van der Waals surface area contributed by atoms with Gasteiger partial charge in [-0.2, -0.15) is 13.2 Å². The summed E-state index contributed by atoms with van der Waals surface area (Å²) in [7, 11) is -2.35. The number of hydrogen-bond donors (Lipinski definition) is 1. The Kier molecular flexibility index (Phi) is 6.43. The Balaban J connectivity index is 1.54. The number of nitrogens with zero attached hydrogens (tertiary/aromatic N) is 7. The minimum atomic E-state index is -4.59. The van der Waals surface area contributed by atoms with Gasteiger partial charge in [0.25, 0.3) is 0 Å². The van der Waals surface area contributed by atoms with E-state index < -0.39 is 21.6 Å². The third kappa shape index (κ3) is 5.61. The van der Waals surface area contributed by atoms with Crippen molar-refractivity contribution in [3.8, 4) is 11.5 Å². The van der Waals surface area contributed by atoms with Crippen LogP contribution in [-0.4, -0.2) is 72.6 Å². The van der Waals surface area contributed by atoms with Crippen molar-refractivity contribution in [1.82, 2.24) is 29.7 Å². The number of alkyl halides is 3. The molecule has 0 saturated carbocycles. The highest BCUT2D eigenvalue weighted by atomic mass is 32.2. The number of nitrogens with one attached hydrogen (secondary N) is 1. The van der Waals surface area contributed by atoms with Crippen LogP contribution in [0.4, 0.5) is 19.0 Å². The predicted octanol–water partition coefficient (Wildman–Crippen LogP) is 2.02. The Labute approximate surface area is 193 Å². The van der Waals surface area contributed by atoms with Crippen LogP contribution in [0, 0.1) is 0 Å². The van der Waals surface area contributed by atoms with Gasteiger partial charge in [0.1, 0.15) is 18.1 Å². The molecule has 0 radical (unpaired) electrons. The molecule has 0 bridgehead atoms. The number of fused-ring (bicyclic) bond motifs is 1. The largest absolute Gasteiger partial charge is 0.434 e. The van der Waals surface area contributed by atoms with E-state index in [4.69, 9.17) is 0 Å². The molecule has 1 aliphatic heterocycles. The van der Waals surface area contributed by atoms with Gasteiger partial charge in [-0.3, -0.25) is 13.4 Å². The van der Waals surface area contributed by atoms with E-state index in [1.54, 1.807) is 6.07 Å². The van der Waals surface area contributed by atoms with Gasteiger partial charge in [0.15, 0.2) is 17.2 Å². The summed E-state index contributed by atoms with van der Waals surface area (Å²) in [6.07, 6.45) is 4.78. The maximum atomic E-state index is 13.1. The Morgan fingerprint density at radius 3 is 2.79 bits per heavy atom. The second-order valence-electron chi connectivity index (χ2n) is 8.20. The van der Waals surface area contributed by atoms with Gasteiger partial charge in [-0.15, -0.1) is 0 Å². The maximum absolute atomic E-state index is 13.1. The number of amides is 1. The van der Waals surface area contributed by atoms with E-state index in [9.17, 15) is 22.2 Å². The lowest BCUT2D eigenvalue weighted by Crippen LogP contribution is -2.48. The van der Waals surface area contributed by atoms with Crippen molar-refractivity contribution >= 4 is 27.1 Å². The molecule has 1 amide bonds. The summed E-state index contributed by atoms with van der Waals surface area (Å²) < 4.78 is 56.1. The number of carbonyl (C=O) groups excluding carboxylic acids is 1. The summed E-state index contributed by atoms with van der Waals surface area (Å²) in [5.41, 5.74) is -0.499. The molecule has 0 unspecified atom stereocenters. The fraction of sp³-hybridized carbons (Fsp3) is 0.450. The number of anilines is 1. The van der Waals surface area contributed by atoms with Crippen molar-refractivity contribution < 1.29 is 22.2 Å². The van der Waals surface area contributed by atoms with E-state index in [1.165, 1.54) is 29.3 Å². The van der Waals surface area contributed by atoms with E-state index in [-0.39, 0.29) is 30.0 Å². The van der Waals surface area contributed by atoms with Crippen molar-refractivity contribution in [1.29, 1.82) is 0 Å². The molecule has 1 fully saturated rings. The van der Waals surface area contributed by atoms with E-state index >= 15 is 0 Å². The molecule has 182 valence electrons. The molecule has 3 aromatic rings. The van der Waals surface area contributed by atoms with Gasteiger partial charge < -0.3 is 10.2 Å². The first-order valence-corrected chi connectivity index (χ1v) is 12.7. The van der Waals surface area contributed by atoms with Crippen molar-refractivity contribution in [2.24, 2.45) is 4.36 Å². The van der Waals surface area contributed by atoms with Crippen LogP contribution < -0.4 is 10.2 Å². The standard InChI is InChI=1S/C20H23F3N8O2S/c1-34(2,33)27-10-18(32)28-13-4-3-7-30(11-13)16-5-6-24-19(29-16)14-8-26-17-9-25-15(12-31(14)17)20(21,22)23/h5-6,8-9,12-13H,3-4,7,10-11H2,1-2H3,(H,28,32)/t13-/m0/s1. The van der Waals surface area contributed by atoms with Gasteiger partial charge in [-0.05, 0) is 18.9 Å². The van der Waals surface area contributed by atoms with Crippen LogP contribution >= 0.6 is 0 Å². The zero-order valence-corrected chi connectivity index (χ0v) is 19.3. The smallest absolute Gasteiger partial charge is 0.354 e. The van der Waals surface area contributed by atoms with Crippen LogP contribution in [0.15, 0.2) is 35.2 Å². The Hall–Kier alpha value is -3.29. The van der Waals surface area contributed by atoms with Gasteiger partial charge in [-0.25, -0.2) is 24.3 Å². The van der Waals surface area contributed by atoms with Crippen LogP contribution in [0.1, 0.15) is 18.5 Å². The number of hydrogen-bond acceptors (Lipinski definition) is 8. The van der Waals surface area contributed by atoms with Crippen LogP contribution in [0.2, 0.25) is 0 Å². The number of aromatic nitrogens is 5. The van der Waals surface area contributed by atoms with E-state index in [0.717, 1.165) is 25.2 Å². The van der Waals surface area contributed by atoms with Crippen molar-refractivity contribution in [2.75, 3.05) is 37.0 Å². The molecule has 0 spiro atoms. The number of piperidine rings is 1. The quantitative estimate of drug-likeness (QED) is 0.574. The molecule has 4 rings (SSSR count). The molecule has 1 aliphatic rings. The fourth-order valence-electron chi connectivity index (χ4n) is 3.64. The monoisotopic (exact) mass is 496 g/mol. The highest BCUT2D eigenvalue weighted by Crippen LogP contribution is 2.29. The van der Waals surface area contributed by atoms with Gasteiger partial charge in [0, 0.05) is 53.8 Å². The third-order valence-electron chi connectivity index (χ3n) is 5.19. The lowest BCUT2D eigenvalue weighted by atomic mass is 10.1. The normalized spacial score (nSPS) is 17.1. The Morgan fingerprint density at radius 2 is 2.06 bits per heavy atom. The molecule has 4 heterocycles. The molecule has 0 aromatic carbocycles. The highest BCUT2D eigenvalue weighted by Gasteiger charge is 2.33. The predicted molar refractivity (Wildman–Crippen MR) is 120 cm³/mol. The van der Waals surface area contributed by atoms with Gasteiger partial charge >= 0.3 is 6.18 Å². The molecule has 1 atom stereocenters. The summed E-state index contributed by atoms with van der Waals surface area (Å²) in [6, 6.07) is 1.56. The van der Waals surface area contributed by atoms with Crippen LogP contribution in [0.25, 0.3) is 17.2 Å². The van der Waals surface area contributed by atoms with Gasteiger partial charge in [-0.1, -0.05) is 0 Å². The first kappa shape index (κ1) is 23.9. The van der Waals surface area contributed by atoms with E-state index in [1.807, 2.05) is 4.90 Å². The summed E-state index contributed by atoms with van der Waals surface area (Å²) in [6.45, 7) is 1.02. The average molecular weight is 497 g/mol. The van der Waals surface area contributed by atoms with Crippen LogP contribution in [0.3, 0.4) is 0 Å². The first-order chi connectivity index (χ1) is 16.0. The van der Waals surface area contributed by atoms with Crippen LogP contribution in [-0.2, 0) is 20.7 Å². The molecule has 34 heavy (non-hydrogen) atoms. The summed E-state index contributed by atoms with van der Waals surface area (Å²) in [5.74, 6) is 0.500. The zero-order chi connectivity index (χ0) is 24.5. The van der Waals surface area contributed by atoms with Crippen molar-refractivity contribution in [3.63, 3.8) is 0 Å². The summed E-state index contributed by atoms with van der Waals surface area (Å²) in [4.78, 5) is 30.4. The second-order valence-corrected chi connectivity index (χ2v) is 10.8. The molecular formula is C20H23F3N8O2S. The fourth-order valence-corrected chi connectivity index (χ4v) is 4.07. The lowest BCUT2D eigenvalue weighted by Gasteiger charge is -2.34. The molecule has 1 N–H and O–H groups in total. The third-order valence-corrected chi connectivity index (χ3v) is 5.94. The second kappa shape index (κ2) is 9.16. The minimum absolute atomic E-state index is 0.143. The molecule has 3 aromatic heterocycles. The summed E-state index contributed by atoms with van der Waals surface area (Å²) in [5, 5.41) is 2.91. The topological polar surface area (TPSA) is 118 Å². The van der Waals surface area contributed by atoms with Gasteiger partial charge in [0.2, 0.25) is 5.91 Å². The Morgan fingerprint density at radius 1 is 1.26 bits per heavy atom. The van der Waals surface area contributed by atoms with Crippen molar-refractivity contribution in [3.05, 3.63) is 36.5 Å². The van der Waals surface area contributed by atoms with E-state index in [2.05, 4.69) is 29.6 Å². The number of halogens is 3. The molecule has 1 saturated heterocycles. The number of carbonyl (C=O) groups is 1. The van der Waals surface area contributed by atoms with Crippen LogP contribution in [0.5, 0.6) is 0 Å². The van der Waals surface area contributed by atoms with Gasteiger partial charge in [0.05, 0.1) is 12.4 Å². The molecule has 10 nitrogen and oxygen atoms in total. The van der Waals surface area contributed by atoms with Crippen molar-refractivity contribution in [2.45, 2.75) is 25.1 Å². The summed E-state index contributed by atoms with van der Waals surface area (Å²) >= 11 is 0. The van der Waals surface area contributed by atoms with E-state index in [0.29, 0.717) is 24.6 Å². The Bertz CT molecular complexity index is 1320.